The van der Waals surface area contributed by atoms with Gasteiger partial charge in [-0.3, -0.25) is 4.79 Å². The molecule has 2 N–H and O–H groups in total. The van der Waals surface area contributed by atoms with E-state index in [1.54, 1.807) is 4.80 Å². The second-order valence-corrected chi connectivity index (χ2v) is 5.66. The summed E-state index contributed by atoms with van der Waals surface area (Å²) in [6.45, 7) is 4.97. The lowest BCUT2D eigenvalue weighted by Gasteiger charge is -2.02. The molecule has 3 aromatic rings. The van der Waals surface area contributed by atoms with Gasteiger partial charge in [-0.15, -0.1) is 0 Å². The van der Waals surface area contributed by atoms with Crippen LogP contribution >= 0.6 is 0 Å². The Kier molecular flexibility index (Phi) is 4.74. The summed E-state index contributed by atoms with van der Waals surface area (Å²) in [5, 5.41) is 11.5. The molecule has 0 saturated heterocycles. The monoisotopic (exact) mass is 323 g/mol. The number of aromatic nitrogens is 4. The maximum atomic E-state index is 12.3. The van der Waals surface area contributed by atoms with E-state index in [9.17, 15) is 4.79 Å². The molecule has 0 bridgehead atoms. The van der Waals surface area contributed by atoms with Crippen LogP contribution in [0.25, 0.3) is 0 Å². The van der Waals surface area contributed by atoms with Crippen molar-refractivity contribution in [1.82, 2.24) is 25.3 Å². The molecule has 0 atom stereocenters. The van der Waals surface area contributed by atoms with Gasteiger partial charge in [-0.05, 0) is 31.5 Å². The van der Waals surface area contributed by atoms with Gasteiger partial charge >= 0.3 is 0 Å². The third-order valence-corrected chi connectivity index (χ3v) is 3.85. The topological polar surface area (TPSA) is 75.6 Å². The highest BCUT2D eigenvalue weighted by molar-refractivity contribution is 5.92. The van der Waals surface area contributed by atoms with Crippen molar-refractivity contribution >= 4 is 5.91 Å². The summed E-state index contributed by atoms with van der Waals surface area (Å²) in [7, 11) is 0. The van der Waals surface area contributed by atoms with Crippen LogP contribution in [0.2, 0.25) is 0 Å². The third-order valence-electron chi connectivity index (χ3n) is 3.85. The van der Waals surface area contributed by atoms with Crippen LogP contribution in [0.4, 0.5) is 0 Å². The zero-order chi connectivity index (χ0) is 16.9. The van der Waals surface area contributed by atoms with E-state index in [1.165, 1.54) is 5.56 Å². The number of carbonyl (C=O) groups excluding carboxylic acids is 1. The lowest BCUT2D eigenvalue weighted by Crippen LogP contribution is -2.23. The molecule has 0 spiro atoms. The Balaban J connectivity index is 1.60. The maximum absolute atomic E-state index is 12.3. The summed E-state index contributed by atoms with van der Waals surface area (Å²) in [5.41, 5.74) is 4.41. The van der Waals surface area contributed by atoms with Crippen molar-refractivity contribution in [3.8, 4) is 0 Å². The molecule has 0 saturated carbocycles. The van der Waals surface area contributed by atoms with Crippen LogP contribution in [-0.4, -0.2) is 25.9 Å². The van der Waals surface area contributed by atoms with Gasteiger partial charge in [0.25, 0.3) is 5.91 Å². The fraction of sp³-hybridized carbons (Fsp3) is 0.278. The lowest BCUT2D eigenvalue weighted by molar-refractivity contribution is 0.0946. The standard InChI is InChI=1S/C18H21N5O/c1-3-23-21-13(2)17(22-23)12-19-18(24)16-10-9-15(20-16)11-14-7-5-4-6-8-14/h4-10,20H,3,11-12H2,1-2H3,(H,19,24). The number of H-pyrrole nitrogens is 1. The average molecular weight is 323 g/mol. The molecule has 0 aliphatic carbocycles. The summed E-state index contributed by atoms with van der Waals surface area (Å²) >= 11 is 0. The minimum absolute atomic E-state index is 0.139. The Morgan fingerprint density at radius 1 is 1.17 bits per heavy atom. The fourth-order valence-electron chi connectivity index (χ4n) is 2.52. The van der Waals surface area contributed by atoms with Gasteiger partial charge in [-0.25, -0.2) is 0 Å². The Hall–Kier alpha value is -2.89. The van der Waals surface area contributed by atoms with Gasteiger partial charge in [-0.1, -0.05) is 30.3 Å². The Morgan fingerprint density at radius 3 is 2.67 bits per heavy atom. The van der Waals surface area contributed by atoms with Crippen molar-refractivity contribution in [3.05, 3.63) is 70.8 Å². The highest BCUT2D eigenvalue weighted by atomic mass is 16.1. The molecule has 0 unspecified atom stereocenters. The molecule has 0 fully saturated rings. The van der Waals surface area contributed by atoms with Gasteiger partial charge in [0.15, 0.2) is 0 Å². The van der Waals surface area contributed by atoms with Crippen molar-refractivity contribution in [2.75, 3.05) is 0 Å². The third kappa shape index (κ3) is 3.71. The van der Waals surface area contributed by atoms with Crippen molar-refractivity contribution in [3.63, 3.8) is 0 Å². The van der Waals surface area contributed by atoms with Gasteiger partial charge in [0, 0.05) is 12.1 Å². The van der Waals surface area contributed by atoms with E-state index in [2.05, 4.69) is 32.6 Å². The molecule has 6 heteroatoms. The number of nitrogens with zero attached hydrogens (tertiary/aromatic N) is 3. The zero-order valence-corrected chi connectivity index (χ0v) is 13.9. The normalized spacial score (nSPS) is 10.8. The number of aryl methyl sites for hydroxylation is 2. The van der Waals surface area contributed by atoms with Crippen LogP contribution < -0.4 is 5.32 Å². The van der Waals surface area contributed by atoms with Crippen molar-refractivity contribution in [1.29, 1.82) is 0 Å². The van der Waals surface area contributed by atoms with E-state index in [0.717, 1.165) is 23.5 Å². The Labute approximate surface area is 140 Å². The first kappa shape index (κ1) is 16.0. The van der Waals surface area contributed by atoms with Gasteiger partial charge in [-0.2, -0.15) is 15.0 Å². The quantitative estimate of drug-likeness (QED) is 0.731. The molecule has 0 aliphatic rings. The first-order valence-electron chi connectivity index (χ1n) is 8.06. The van der Waals surface area contributed by atoms with Gasteiger partial charge < -0.3 is 10.3 Å². The molecule has 2 heterocycles. The number of carbonyl (C=O) groups is 1. The number of nitrogens with one attached hydrogen (secondary N) is 2. The number of hydrogen-bond donors (Lipinski definition) is 2. The van der Waals surface area contributed by atoms with Crippen LogP contribution in [0, 0.1) is 6.92 Å². The minimum atomic E-state index is -0.139. The largest absolute Gasteiger partial charge is 0.354 e. The molecular weight excluding hydrogens is 302 g/mol. The first-order valence-corrected chi connectivity index (χ1v) is 8.06. The molecule has 2 aromatic heterocycles. The van der Waals surface area contributed by atoms with Crippen molar-refractivity contribution in [2.45, 2.75) is 33.4 Å². The first-order chi connectivity index (χ1) is 11.7. The molecule has 0 radical (unpaired) electrons. The number of aromatic amines is 1. The molecule has 1 amide bonds. The van der Waals surface area contributed by atoms with Crippen LogP contribution in [0.1, 0.15) is 40.1 Å². The van der Waals surface area contributed by atoms with Gasteiger partial charge in [0.1, 0.15) is 11.4 Å². The fourth-order valence-corrected chi connectivity index (χ4v) is 2.52. The molecule has 0 aliphatic heterocycles. The van der Waals surface area contributed by atoms with E-state index in [-0.39, 0.29) is 5.91 Å². The predicted molar refractivity (Wildman–Crippen MR) is 91.6 cm³/mol. The number of benzene rings is 1. The summed E-state index contributed by atoms with van der Waals surface area (Å²) in [4.78, 5) is 17.1. The molecule has 24 heavy (non-hydrogen) atoms. The Bertz CT molecular complexity index is 819. The van der Waals surface area contributed by atoms with Crippen LogP contribution in [-0.2, 0) is 19.5 Å². The van der Waals surface area contributed by atoms with Crippen molar-refractivity contribution in [2.24, 2.45) is 0 Å². The molecule has 3 rings (SSSR count). The van der Waals surface area contributed by atoms with E-state index >= 15 is 0 Å². The molecular formula is C18H21N5O. The zero-order valence-electron chi connectivity index (χ0n) is 13.9. The number of rotatable bonds is 6. The second-order valence-electron chi connectivity index (χ2n) is 5.66. The average Bonchev–Trinajstić information content (AvgIpc) is 3.20. The maximum Gasteiger partial charge on any atom is 0.268 e. The number of amides is 1. The Morgan fingerprint density at radius 2 is 1.96 bits per heavy atom. The molecule has 6 nitrogen and oxygen atoms in total. The lowest BCUT2D eigenvalue weighted by atomic mass is 10.1. The summed E-state index contributed by atoms with van der Waals surface area (Å²) in [6.07, 6.45) is 0.776. The molecule has 124 valence electrons. The van der Waals surface area contributed by atoms with Gasteiger partial charge in [0.05, 0.1) is 18.8 Å². The highest BCUT2D eigenvalue weighted by Gasteiger charge is 2.11. The summed E-state index contributed by atoms with van der Waals surface area (Å²) in [5.74, 6) is -0.139. The van der Waals surface area contributed by atoms with Crippen molar-refractivity contribution < 1.29 is 4.79 Å². The van der Waals surface area contributed by atoms with E-state index < -0.39 is 0 Å². The smallest absolute Gasteiger partial charge is 0.268 e. The number of hydrogen-bond acceptors (Lipinski definition) is 3. The van der Waals surface area contributed by atoms with Crippen LogP contribution in [0.3, 0.4) is 0 Å². The van der Waals surface area contributed by atoms with E-state index in [4.69, 9.17) is 0 Å². The summed E-state index contributed by atoms with van der Waals surface area (Å²) in [6, 6.07) is 13.9. The van der Waals surface area contributed by atoms with Crippen LogP contribution in [0.5, 0.6) is 0 Å². The summed E-state index contributed by atoms with van der Waals surface area (Å²) < 4.78 is 0. The van der Waals surface area contributed by atoms with Crippen LogP contribution in [0.15, 0.2) is 42.5 Å². The highest BCUT2D eigenvalue weighted by Crippen LogP contribution is 2.09. The minimum Gasteiger partial charge on any atom is -0.354 e. The predicted octanol–water partition coefficient (Wildman–Crippen LogP) is 2.46. The SMILES string of the molecule is CCn1nc(C)c(CNC(=O)c2ccc(Cc3ccccc3)[nH]2)n1. The second kappa shape index (κ2) is 7.12. The van der Waals surface area contributed by atoms with E-state index in [1.807, 2.05) is 44.2 Å². The van der Waals surface area contributed by atoms with Gasteiger partial charge in [0.2, 0.25) is 0 Å². The molecule has 1 aromatic carbocycles. The van der Waals surface area contributed by atoms with E-state index in [0.29, 0.717) is 18.8 Å².